The molecule has 2 saturated heterocycles. The number of imidazole rings is 1. The van der Waals surface area contributed by atoms with Crippen LogP contribution in [0, 0.1) is 0 Å². The molecular formula is C31H42N6O2. The number of H-pyrrole nitrogens is 1. The summed E-state index contributed by atoms with van der Waals surface area (Å²) in [5.74, 6) is 0.809. The van der Waals surface area contributed by atoms with E-state index in [1.54, 1.807) is 4.90 Å². The normalized spacial score (nSPS) is 25.1. The smallest absolute Gasteiger partial charge is 0.410 e. The molecule has 4 heterocycles. The van der Waals surface area contributed by atoms with Gasteiger partial charge in [-0.3, -0.25) is 14.8 Å². The number of carbonyl (C=O) groups is 1. The largest absolute Gasteiger partial charge is 0.444 e. The maximum Gasteiger partial charge on any atom is 0.410 e. The van der Waals surface area contributed by atoms with E-state index in [4.69, 9.17) is 9.73 Å². The highest BCUT2D eigenvalue weighted by Gasteiger charge is 2.35. The molecule has 2 aromatic rings. The van der Waals surface area contributed by atoms with E-state index in [0.29, 0.717) is 12.6 Å². The van der Waals surface area contributed by atoms with E-state index in [0.717, 1.165) is 36.3 Å². The summed E-state index contributed by atoms with van der Waals surface area (Å²) in [6.45, 7) is 7.53. The maximum absolute atomic E-state index is 12.6. The number of likely N-dealkylation sites (N-methyl/N-ethyl adjacent to an activating group) is 2. The SMILES string of the molecule is CN1CCCC1C1N=C/C(=C\Cc2ccc(/C=C/c3cnc(C4CCCN4C(=O)OC(C)(C)C)[nH]3)cc2)N1C. The molecule has 1 aromatic heterocycles. The first-order valence-electron chi connectivity index (χ1n) is 14.2. The van der Waals surface area contributed by atoms with Crippen LogP contribution in [0.25, 0.3) is 12.2 Å². The topological polar surface area (TPSA) is 77.1 Å². The average molecular weight is 531 g/mol. The third-order valence-corrected chi connectivity index (χ3v) is 7.88. The molecule has 2 fully saturated rings. The molecule has 39 heavy (non-hydrogen) atoms. The van der Waals surface area contributed by atoms with Crippen molar-refractivity contribution < 1.29 is 9.53 Å². The second-order valence-electron chi connectivity index (χ2n) is 12.0. The molecule has 0 bridgehead atoms. The molecule has 8 nitrogen and oxygen atoms in total. The van der Waals surface area contributed by atoms with Crippen molar-refractivity contribution in [1.82, 2.24) is 24.7 Å². The summed E-state index contributed by atoms with van der Waals surface area (Å²) in [6.07, 6.45) is 15.4. The van der Waals surface area contributed by atoms with Crippen LogP contribution in [0.2, 0.25) is 0 Å². The van der Waals surface area contributed by atoms with Gasteiger partial charge in [0.25, 0.3) is 0 Å². The molecule has 0 spiro atoms. The second-order valence-corrected chi connectivity index (χ2v) is 12.0. The van der Waals surface area contributed by atoms with E-state index < -0.39 is 5.60 Å². The van der Waals surface area contributed by atoms with Gasteiger partial charge in [0.05, 0.1) is 29.7 Å². The summed E-state index contributed by atoms with van der Waals surface area (Å²) in [7, 11) is 4.37. The molecule has 0 saturated carbocycles. The Morgan fingerprint density at radius 2 is 1.87 bits per heavy atom. The van der Waals surface area contributed by atoms with Crippen molar-refractivity contribution in [3.8, 4) is 0 Å². The minimum atomic E-state index is -0.510. The zero-order valence-corrected chi connectivity index (χ0v) is 23.9. The highest BCUT2D eigenvalue weighted by Crippen LogP contribution is 2.32. The number of ether oxygens (including phenoxy) is 1. The van der Waals surface area contributed by atoms with Gasteiger partial charge in [-0.15, -0.1) is 0 Å². The minimum absolute atomic E-state index is 0.0753. The highest BCUT2D eigenvalue weighted by molar-refractivity contribution is 5.80. The molecule has 5 rings (SSSR count). The van der Waals surface area contributed by atoms with Crippen LogP contribution < -0.4 is 0 Å². The Morgan fingerprint density at radius 1 is 1.10 bits per heavy atom. The van der Waals surface area contributed by atoms with Crippen LogP contribution in [-0.2, 0) is 11.2 Å². The Hall–Kier alpha value is -3.39. The van der Waals surface area contributed by atoms with E-state index >= 15 is 0 Å². The van der Waals surface area contributed by atoms with Crippen molar-refractivity contribution in [3.05, 3.63) is 64.9 Å². The van der Waals surface area contributed by atoms with Gasteiger partial charge < -0.3 is 14.6 Å². The van der Waals surface area contributed by atoms with Gasteiger partial charge in [-0.05, 0) is 83.7 Å². The lowest BCUT2D eigenvalue weighted by atomic mass is 10.1. The standard InChI is InChI=1S/C31H42N6O2/c1-31(2,3)39-30(38)37-19-7-8-26(37)28-32-20-24(34-28)16-14-22-10-12-23(13-11-22)15-17-25-21-33-29(36(25)5)27-9-6-18-35(27)4/h10-14,16-17,20-21,26-27,29H,6-9,15,18-19H2,1-5H3,(H,32,34)/b16-14+,25-17+. The summed E-state index contributed by atoms with van der Waals surface area (Å²) in [4.78, 5) is 32.0. The van der Waals surface area contributed by atoms with Gasteiger partial charge in [0.2, 0.25) is 0 Å². The number of hydrogen-bond acceptors (Lipinski definition) is 6. The molecule has 1 amide bonds. The van der Waals surface area contributed by atoms with Gasteiger partial charge in [0.15, 0.2) is 0 Å². The van der Waals surface area contributed by atoms with Crippen LogP contribution >= 0.6 is 0 Å². The van der Waals surface area contributed by atoms with Crippen LogP contribution in [0.15, 0.2) is 47.2 Å². The molecule has 3 aliphatic rings. The van der Waals surface area contributed by atoms with Crippen LogP contribution in [-0.4, -0.2) is 82.0 Å². The lowest BCUT2D eigenvalue weighted by Crippen LogP contribution is -2.42. The quantitative estimate of drug-likeness (QED) is 0.533. The fourth-order valence-electron chi connectivity index (χ4n) is 5.73. The zero-order chi connectivity index (χ0) is 27.6. The molecule has 0 aliphatic carbocycles. The fraction of sp³-hybridized carbons (Fsp3) is 0.516. The first-order chi connectivity index (χ1) is 18.7. The molecule has 0 radical (unpaired) electrons. The number of allylic oxidation sites excluding steroid dienone is 2. The van der Waals surface area contributed by atoms with Crippen molar-refractivity contribution in [3.63, 3.8) is 0 Å². The van der Waals surface area contributed by atoms with Crippen LogP contribution in [0.5, 0.6) is 0 Å². The van der Waals surface area contributed by atoms with E-state index in [-0.39, 0.29) is 18.3 Å². The minimum Gasteiger partial charge on any atom is -0.444 e. The zero-order valence-electron chi connectivity index (χ0n) is 23.9. The number of amides is 1. The van der Waals surface area contributed by atoms with Crippen LogP contribution in [0.1, 0.15) is 75.1 Å². The molecule has 3 atom stereocenters. The first kappa shape index (κ1) is 27.2. The van der Waals surface area contributed by atoms with Crippen molar-refractivity contribution in [1.29, 1.82) is 0 Å². The molecule has 3 aliphatic heterocycles. The monoisotopic (exact) mass is 530 g/mol. The fourth-order valence-corrected chi connectivity index (χ4v) is 5.73. The number of benzene rings is 1. The van der Waals surface area contributed by atoms with Gasteiger partial charge in [-0.25, -0.2) is 9.78 Å². The van der Waals surface area contributed by atoms with Gasteiger partial charge in [-0.1, -0.05) is 36.4 Å². The Kier molecular flexibility index (Phi) is 7.93. The van der Waals surface area contributed by atoms with Crippen LogP contribution in [0.3, 0.4) is 0 Å². The number of likely N-dealkylation sites (tertiary alicyclic amines) is 2. The summed E-state index contributed by atoms with van der Waals surface area (Å²) >= 11 is 0. The Morgan fingerprint density at radius 3 is 2.59 bits per heavy atom. The molecule has 208 valence electrons. The van der Waals surface area contributed by atoms with Crippen molar-refractivity contribution >= 4 is 24.5 Å². The van der Waals surface area contributed by atoms with Gasteiger partial charge in [0, 0.05) is 19.8 Å². The highest BCUT2D eigenvalue weighted by atomic mass is 16.6. The number of hydrogen-bond donors (Lipinski definition) is 1. The van der Waals surface area contributed by atoms with Crippen LogP contribution in [0.4, 0.5) is 4.79 Å². The molecule has 3 unspecified atom stereocenters. The lowest BCUT2D eigenvalue weighted by Gasteiger charge is -2.30. The van der Waals surface area contributed by atoms with Gasteiger partial charge in [-0.2, -0.15) is 0 Å². The molecule has 1 aromatic carbocycles. The Balaban J connectivity index is 1.16. The Bertz CT molecular complexity index is 1240. The predicted octanol–water partition coefficient (Wildman–Crippen LogP) is 5.52. The van der Waals surface area contributed by atoms with E-state index in [1.165, 1.54) is 30.6 Å². The van der Waals surface area contributed by atoms with E-state index in [2.05, 4.69) is 70.3 Å². The van der Waals surface area contributed by atoms with Gasteiger partial charge >= 0.3 is 6.09 Å². The average Bonchev–Trinajstić information content (AvgIpc) is 3.69. The first-order valence-corrected chi connectivity index (χ1v) is 14.2. The molecule has 1 N–H and O–H groups in total. The second kappa shape index (κ2) is 11.4. The predicted molar refractivity (Wildman–Crippen MR) is 156 cm³/mol. The van der Waals surface area contributed by atoms with Crippen molar-refractivity contribution in [2.75, 3.05) is 27.2 Å². The summed E-state index contributed by atoms with van der Waals surface area (Å²) in [5, 5.41) is 0. The number of carbonyl (C=O) groups excluding carboxylic acids is 1. The number of aromatic amines is 1. The third kappa shape index (κ3) is 6.44. The Labute approximate surface area is 232 Å². The number of aromatic nitrogens is 2. The summed E-state index contributed by atoms with van der Waals surface area (Å²) < 4.78 is 5.59. The van der Waals surface area contributed by atoms with E-state index in [9.17, 15) is 4.79 Å². The molecule has 8 heteroatoms. The number of aliphatic imine (C=N–C) groups is 1. The lowest BCUT2D eigenvalue weighted by molar-refractivity contribution is 0.0218. The van der Waals surface area contributed by atoms with Gasteiger partial charge in [0.1, 0.15) is 17.6 Å². The molecular weight excluding hydrogens is 488 g/mol. The summed E-state index contributed by atoms with van der Waals surface area (Å²) in [6, 6.07) is 9.09. The summed E-state index contributed by atoms with van der Waals surface area (Å²) in [5.41, 5.74) is 4.01. The maximum atomic E-state index is 12.6. The number of nitrogens with zero attached hydrogens (tertiary/aromatic N) is 5. The number of nitrogens with one attached hydrogen (secondary N) is 1. The number of rotatable bonds is 6. The third-order valence-electron chi connectivity index (χ3n) is 7.88. The van der Waals surface area contributed by atoms with Crippen molar-refractivity contribution in [2.45, 2.75) is 76.7 Å². The van der Waals surface area contributed by atoms with Crippen molar-refractivity contribution in [2.24, 2.45) is 4.99 Å². The van der Waals surface area contributed by atoms with E-state index in [1.807, 2.05) is 39.3 Å².